The van der Waals surface area contributed by atoms with Gasteiger partial charge in [-0.1, -0.05) is 19.1 Å². The van der Waals surface area contributed by atoms with Crippen LogP contribution in [-0.2, 0) is 4.79 Å². The first-order valence-corrected chi connectivity index (χ1v) is 11.1. The molecule has 0 unspecified atom stereocenters. The van der Waals surface area contributed by atoms with E-state index in [1.807, 2.05) is 43.0 Å². The van der Waals surface area contributed by atoms with Crippen molar-refractivity contribution < 1.29 is 18.7 Å². The lowest BCUT2D eigenvalue weighted by molar-refractivity contribution is -0.127. The highest BCUT2D eigenvalue weighted by atomic mass is 16.5. The SMILES string of the molecule is COc1cccc(-c2coc3c(C)c(OC)c(/C(C)=C/C(=O)N4CCC(C)CC4)cc23)c1. The number of carbonyl (C=O) groups excluding carboxylic acids is 1. The largest absolute Gasteiger partial charge is 0.497 e. The Morgan fingerprint density at radius 2 is 1.91 bits per heavy atom. The van der Waals surface area contributed by atoms with Crippen molar-refractivity contribution in [3.05, 3.63) is 53.8 Å². The summed E-state index contributed by atoms with van der Waals surface area (Å²) in [6, 6.07) is 9.98. The van der Waals surface area contributed by atoms with Crippen LogP contribution in [0.15, 0.2) is 47.1 Å². The van der Waals surface area contributed by atoms with Crippen molar-refractivity contribution in [3.63, 3.8) is 0 Å². The van der Waals surface area contributed by atoms with Crippen LogP contribution in [-0.4, -0.2) is 38.1 Å². The molecular weight excluding hydrogens is 402 g/mol. The van der Waals surface area contributed by atoms with Crippen molar-refractivity contribution in [2.75, 3.05) is 27.3 Å². The van der Waals surface area contributed by atoms with Crippen LogP contribution in [0.3, 0.4) is 0 Å². The number of aryl methyl sites for hydroxylation is 1. The lowest BCUT2D eigenvalue weighted by atomic mass is 9.96. The maximum Gasteiger partial charge on any atom is 0.246 e. The Bertz CT molecular complexity index is 1170. The van der Waals surface area contributed by atoms with Gasteiger partial charge in [0.05, 0.1) is 20.5 Å². The van der Waals surface area contributed by atoms with E-state index in [1.165, 1.54) is 0 Å². The number of ether oxygens (including phenoxy) is 2. The smallest absolute Gasteiger partial charge is 0.246 e. The van der Waals surface area contributed by atoms with Crippen molar-refractivity contribution in [2.45, 2.75) is 33.6 Å². The van der Waals surface area contributed by atoms with Gasteiger partial charge < -0.3 is 18.8 Å². The number of methoxy groups -OCH3 is 2. The molecule has 1 fully saturated rings. The van der Waals surface area contributed by atoms with Gasteiger partial charge in [-0.3, -0.25) is 4.79 Å². The number of hydrogen-bond acceptors (Lipinski definition) is 4. The third-order valence-electron chi connectivity index (χ3n) is 6.49. The fourth-order valence-electron chi connectivity index (χ4n) is 4.47. The fourth-order valence-corrected chi connectivity index (χ4v) is 4.47. The molecule has 2 aromatic carbocycles. The molecule has 0 radical (unpaired) electrons. The molecular formula is C27H31NO4. The molecule has 4 rings (SSSR count). The molecule has 168 valence electrons. The zero-order valence-electron chi connectivity index (χ0n) is 19.5. The van der Waals surface area contributed by atoms with E-state index < -0.39 is 0 Å². The number of likely N-dealkylation sites (tertiary alicyclic amines) is 1. The zero-order chi connectivity index (χ0) is 22.8. The summed E-state index contributed by atoms with van der Waals surface area (Å²) in [6.07, 6.45) is 5.64. The van der Waals surface area contributed by atoms with Crippen LogP contribution >= 0.6 is 0 Å². The summed E-state index contributed by atoms with van der Waals surface area (Å²) >= 11 is 0. The molecule has 0 atom stereocenters. The quantitative estimate of drug-likeness (QED) is 0.457. The number of piperidine rings is 1. The highest BCUT2D eigenvalue weighted by Gasteiger charge is 2.22. The second kappa shape index (κ2) is 9.11. The van der Waals surface area contributed by atoms with Crippen LogP contribution in [0.25, 0.3) is 27.7 Å². The van der Waals surface area contributed by atoms with E-state index in [4.69, 9.17) is 13.9 Å². The summed E-state index contributed by atoms with van der Waals surface area (Å²) in [5, 5.41) is 0.985. The Hall–Kier alpha value is -3.21. The normalized spacial score (nSPS) is 15.3. The topological polar surface area (TPSA) is 51.9 Å². The molecule has 2 heterocycles. The highest BCUT2D eigenvalue weighted by Crippen LogP contribution is 2.41. The molecule has 1 aromatic heterocycles. The Morgan fingerprint density at radius 1 is 1.16 bits per heavy atom. The van der Waals surface area contributed by atoms with Crippen molar-refractivity contribution in [1.29, 1.82) is 0 Å². The number of benzene rings is 2. The van der Waals surface area contributed by atoms with Crippen LogP contribution < -0.4 is 9.47 Å². The average molecular weight is 434 g/mol. The summed E-state index contributed by atoms with van der Waals surface area (Å²) < 4.78 is 17.1. The van der Waals surface area contributed by atoms with E-state index in [0.29, 0.717) is 5.92 Å². The summed E-state index contributed by atoms with van der Waals surface area (Å²) in [6.45, 7) is 7.85. The number of amides is 1. The molecule has 5 heteroatoms. The minimum absolute atomic E-state index is 0.0643. The molecule has 0 aliphatic carbocycles. The predicted octanol–water partition coefficient (Wildman–Crippen LogP) is 6.09. The molecule has 1 amide bonds. The summed E-state index contributed by atoms with van der Waals surface area (Å²) in [5.41, 5.74) is 5.48. The van der Waals surface area contributed by atoms with Gasteiger partial charge in [0.25, 0.3) is 0 Å². The Labute approximate surface area is 189 Å². The standard InChI is InChI=1S/C27H31NO4/c1-17-9-11-28(12-10-17)25(29)13-18(2)22-15-23-24(20-7-6-8-21(14-20)30-4)16-32-27(23)19(3)26(22)31-5/h6-8,13-17H,9-12H2,1-5H3/b18-13+. The van der Waals surface area contributed by atoms with Gasteiger partial charge in [-0.2, -0.15) is 0 Å². The lowest BCUT2D eigenvalue weighted by Crippen LogP contribution is -2.36. The Kier molecular flexibility index (Phi) is 6.26. The number of furan rings is 1. The van der Waals surface area contributed by atoms with Gasteiger partial charge in [0.1, 0.15) is 17.1 Å². The molecule has 0 N–H and O–H groups in total. The number of nitrogens with zero attached hydrogens (tertiary/aromatic N) is 1. The second-order valence-corrected chi connectivity index (χ2v) is 8.68. The number of fused-ring (bicyclic) bond motifs is 1. The number of hydrogen-bond donors (Lipinski definition) is 0. The van der Waals surface area contributed by atoms with Crippen LogP contribution in [0, 0.1) is 12.8 Å². The summed E-state index contributed by atoms with van der Waals surface area (Å²) in [4.78, 5) is 14.9. The average Bonchev–Trinajstić information content (AvgIpc) is 3.23. The molecule has 1 saturated heterocycles. The molecule has 5 nitrogen and oxygen atoms in total. The molecule has 0 bridgehead atoms. The first-order chi connectivity index (χ1) is 15.4. The molecule has 32 heavy (non-hydrogen) atoms. The Morgan fingerprint density at radius 3 is 2.59 bits per heavy atom. The molecule has 3 aromatic rings. The van der Waals surface area contributed by atoms with E-state index >= 15 is 0 Å². The van der Waals surface area contributed by atoms with Crippen LogP contribution in [0.4, 0.5) is 0 Å². The second-order valence-electron chi connectivity index (χ2n) is 8.68. The van der Waals surface area contributed by atoms with Crippen molar-refractivity contribution in [3.8, 4) is 22.6 Å². The van der Waals surface area contributed by atoms with Crippen LogP contribution in [0.2, 0.25) is 0 Å². The summed E-state index contributed by atoms with van der Waals surface area (Å²) in [5.74, 6) is 2.28. The minimum atomic E-state index is 0.0643. The monoisotopic (exact) mass is 433 g/mol. The number of rotatable bonds is 5. The van der Waals surface area contributed by atoms with Gasteiger partial charge in [0, 0.05) is 41.2 Å². The third kappa shape index (κ3) is 4.12. The van der Waals surface area contributed by atoms with Gasteiger partial charge >= 0.3 is 0 Å². The zero-order valence-corrected chi connectivity index (χ0v) is 19.5. The minimum Gasteiger partial charge on any atom is -0.497 e. The van der Waals surface area contributed by atoms with Gasteiger partial charge in [0.15, 0.2) is 0 Å². The maximum absolute atomic E-state index is 12.9. The van der Waals surface area contributed by atoms with E-state index in [1.54, 1.807) is 26.6 Å². The van der Waals surface area contributed by atoms with Crippen LogP contribution in [0.5, 0.6) is 11.5 Å². The maximum atomic E-state index is 12.9. The van der Waals surface area contributed by atoms with Gasteiger partial charge in [0.2, 0.25) is 5.91 Å². The highest BCUT2D eigenvalue weighted by molar-refractivity contribution is 6.01. The Balaban J connectivity index is 1.77. The van der Waals surface area contributed by atoms with E-state index in [2.05, 4.69) is 13.0 Å². The molecule has 0 saturated carbocycles. The van der Waals surface area contributed by atoms with E-state index in [0.717, 1.165) is 76.2 Å². The number of allylic oxidation sites excluding steroid dienone is 1. The van der Waals surface area contributed by atoms with E-state index in [-0.39, 0.29) is 5.91 Å². The van der Waals surface area contributed by atoms with Crippen molar-refractivity contribution >= 4 is 22.4 Å². The van der Waals surface area contributed by atoms with E-state index in [9.17, 15) is 4.79 Å². The summed E-state index contributed by atoms with van der Waals surface area (Å²) in [7, 11) is 3.32. The lowest BCUT2D eigenvalue weighted by Gasteiger charge is -2.29. The first kappa shape index (κ1) is 22.0. The van der Waals surface area contributed by atoms with Gasteiger partial charge in [-0.15, -0.1) is 0 Å². The fraction of sp³-hybridized carbons (Fsp3) is 0.370. The van der Waals surface area contributed by atoms with Crippen LogP contribution in [0.1, 0.15) is 37.8 Å². The number of carbonyl (C=O) groups is 1. The third-order valence-corrected chi connectivity index (χ3v) is 6.49. The van der Waals surface area contributed by atoms with Gasteiger partial charge in [-0.05, 0) is 61.9 Å². The predicted molar refractivity (Wildman–Crippen MR) is 128 cm³/mol. The molecule has 1 aliphatic rings. The van der Waals surface area contributed by atoms with Gasteiger partial charge in [-0.25, -0.2) is 0 Å². The first-order valence-electron chi connectivity index (χ1n) is 11.1. The van der Waals surface area contributed by atoms with Crippen molar-refractivity contribution in [1.82, 2.24) is 4.90 Å². The molecule has 1 aliphatic heterocycles. The van der Waals surface area contributed by atoms with Crippen molar-refractivity contribution in [2.24, 2.45) is 5.92 Å². The molecule has 0 spiro atoms.